The van der Waals surface area contributed by atoms with Crippen LogP contribution < -0.4 is 24.3 Å². The first-order chi connectivity index (χ1) is 14.7. The van der Waals surface area contributed by atoms with Gasteiger partial charge in [0.25, 0.3) is 5.91 Å². The van der Waals surface area contributed by atoms with Gasteiger partial charge in [0.1, 0.15) is 5.69 Å². The van der Waals surface area contributed by atoms with E-state index in [2.05, 4.69) is 10.3 Å². The monoisotopic (exact) mass is 410 g/mol. The molecule has 1 aliphatic rings. The van der Waals surface area contributed by atoms with Crippen LogP contribution in [0.4, 0.5) is 0 Å². The zero-order valence-electron chi connectivity index (χ0n) is 16.7. The van der Waals surface area contributed by atoms with Crippen molar-refractivity contribution in [1.82, 2.24) is 10.3 Å². The summed E-state index contributed by atoms with van der Waals surface area (Å²) in [6, 6.07) is 11.5. The van der Waals surface area contributed by atoms with Crippen molar-refractivity contribution < 1.29 is 28.8 Å². The Labute approximate surface area is 173 Å². The van der Waals surface area contributed by atoms with Gasteiger partial charge in [0, 0.05) is 29.4 Å². The number of aliphatic hydroxyl groups is 1. The second kappa shape index (κ2) is 8.38. The van der Waals surface area contributed by atoms with Gasteiger partial charge in [-0.05, 0) is 11.6 Å². The number of H-pyrrole nitrogens is 1. The van der Waals surface area contributed by atoms with Crippen LogP contribution >= 0.6 is 0 Å². The van der Waals surface area contributed by atoms with Crippen molar-refractivity contribution >= 4 is 5.91 Å². The quantitative estimate of drug-likeness (QED) is 0.554. The zero-order valence-corrected chi connectivity index (χ0v) is 16.7. The van der Waals surface area contributed by atoms with Crippen molar-refractivity contribution in [2.75, 3.05) is 34.2 Å². The summed E-state index contributed by atoms with van der Waals surface area (Å²) in [4.78, 5) is 15.9. The molecule has 0 unspecified atom stereocenters. The first-order valence-corrected chi connectivity index (χ1v) is 9.40. The van der Waals surface area contributed by atoms with E-state index < -0.39 is 0 Å². The number of aromatic amines is 1. The average Bonchev–Trinajstić information content (AvgIpc) is 3.44. The summed E-state index contributed by atoms with van der Waals surface area (Å²) < 4.78 is 22.4. The number of ether oxygens (including phenoxy) is 4. The molecule has 0 atom stereocenters. The molecule has 8 heteroatoms. The van der Waals surface area contributed by atoms with E-state index in [4.69, 9.17) is 24.1 Å². The number of aromatic nitrogens is 1. The van der Waals surface area contributed by atoms with Crippen LogP contribution in [-0.4, -0.2) is 50.2 Å². The lowest BCUT2D eigenvalue weighted by molar-refractivity contribution is 0.0941. The number of methoxy groups -OCH3 is 2. The highest BCUT2D eigenvalue weighted by atomic mass is 16.7. The van der Waals surface area contributed by atoms with E-state index in [1.807, 2.05) is 30.3 Å². The van der Waals surface area contributed by atoms with E-state index in [1.54, 1.807) is 12.3 Å². The van der Waals surface area contributed by atoms with E-state index in [1.165, 1.54) is 14.2 Å². The second-order valence-electron chi connectivity index (χ2n) is 6.52. The van der Waals surface area contributed by atoms with Crippen LogP contribution in [0.5, 0.6) is 23.0 Å². The number of carbonyl (C=O) groups is 1. The van der Waals surface area contributed by atoms with Gasteiger partial charge in [-0.3, -0.25) is 4.79 Å². The fourth-order valence-electron chi connectivity index (χ4n) is 3.54. The summed E-state index contributed by atoms with van der Waals surface area (Å²) in [7, 11) is 3.07. The number of rotatable bonds is 7. The molecule has 0 spiro atoms. The van der Waals surface area contributed by atoms with Crippen molar-refractivity contribution in [3.63, 3.8) is 0 Å². The number of amides is 1. The smallest absolute Gasteiger partial charge is 0.268 e. The number of hydrogen-bond donors (Lipinski definition) is 3. The largest absolute Gasteiger partial charge is 0.493 e. The molecule has 0 bridgehead atoms. The minimum absolute atomic E-state index is 0.0496. The third-order valence-corrected chi connectivity index (χ3v) is 4.85. The van der Waals surface area contributed by atoms with Crippen LogP contribution in [-0.2, 0) is 0 Å². The average molecular weight is 410 g/mol. The number of nitrogens with one attached hydrogen (secondary N) is 2. The van der Waals surface area contributed by atoms with Gasteiger partial charge < -0.3 is 34.4 Å². The third kappa shape index (κ3) is 3.31. The van der Waals surface area contributed by atoms with Crippen LogP contribution in [0, 0.1) is 0 Å². The Morgan fingerprint density at radius 2 is 1.90 bits per heavy atom. The van der Waals surface area contributed by atoms with E-state index in [0.29, 0.717) is 39.8 Å². The molecule has 0 saturated carbocycles. The Kier molecular flexibility index (Phi) is 5.49. The Morgan fingerprint density at radius 3 is 2.60 bits per heavy atom. The molecule has 1 amide bonds. The fraction of sp³-hybridized carbons (Fsp3) is 0.227. The van der Waals surface area contributed by atoms with Crippen LogP contribution in [0.25, 0.3) is 22.3 Å². The maximum Gasteiger partial charge on any atom is 0.268 e. The Balaban J connectivity index is 1.97. The van der Waals surface area contributed by atoms with Crippen molar-refractivity contribution in [2.45, 2.75) is 0 Å². The molecule has 2 aromatic carbocycles. The minimum Gasteiger partial charge on any atom is -0.493 e. The molecule has 8 nitrogen and oxygen atoms in total. The summed E-state index contributed by atoms with van der Waals surface area (Å²) in [5.41, 5.74) is 3.31. The highest BCUT2D eigenvalue weighted by molar-refractivity contribution is 6.05. The standard InChI is InChI=1S/C22H22N2O6/c1-27-16-10-14(19(28-2)21-20(16)29-12-30-21)17-15(13-6-4-3-5-7-13)11-24-18(17)22(26)23-8-9-25/h3-7,10-11,24-25H,8-9,12H2,1-2H3,(H,23,26). The van der Waals surface area contributed by atoms with Gasteiger partial charge >= 0.3 is 0 Å². The van der Waals surface area contributed by atoms with Gasteiger partial charge in [0.05, 0.1) is 20.8 Å². The Morgan fingerprint density at radius 1 is 1.13 bits per heavy atom. The first kappa shape index (κ1) is 19.7. The molecule has 4 rings (SSSR count). The maximum atomic E-state index is 12.8. The lowest BCUT2D eigenvalue weighted by atomic mass is 9.95. The third-order valence-electron chi connectivity index (χ3n) is 4.85. The molecule has 30 heavy (non-hydrogen) atoms. The second-order valence-corrected chi connectivity index (χ2v) is 6.52. The summed E-state index contributed by atoms with van der Waals surface area (Å²) >= 11 is 0. The molecule has 3 N–H and O–H groups in total. The van der Waals surface area contributed by atoms with Gasteiger partial charge in [0.15, 0.2) is 11.5 Å². The summed E-state index contributed by atoms with van der Waals surface area (Å²) in [5.74, 6) is 1.45. The molecule has 3 aromatic rings. The molecular formula is C22H22N2O6. The van der Waals surface area contributed by atoms with E-state index in [0.717, 1.165) is 11.1 Å². The molecular weight excluding hydrogens is 388 g/mol. The van der Waals surface area contributed by atoms with Gasteiger partial charge in [0.2, 0.25) is 18.3 Å². The van der Waals surface area contributed by atoms with Gasteiger partial charge in [-0.15, -0.1) is 0 Å². The van der Waals surface area contributed by atoms with Crippen molar-refractivity contribution in [1.29, 1.82) is 0 Å². The van der Waals surface area contributed by atoms with E-state index in [-0.39, 0.29) is 25.9 Å². The van der Waals surface area contributed by atoms with Gasteiger partial charge in [-0.2, -0.15) is 0 Å². The molecule has 1 aliphatic heterocycles. The molecule has 0 aliphatic carbocycles. The SMILES string of the molecule is COc1cc(-c2c(-c3ccccc3)c[nH]c2C(=O)NCCO)c(OC)c2c1OCO2. The van der Waals surface area contributed by atoms with Crippen LogP contribution in [0.2, 0.25) is 0 Å². The van der Waals surface area contributed by atoms with Crippen LogP contribution in [0.3, 0.4) is 0 Å². The number of benzene rings is 2. The van der Waals surface area contributed by atoms with E-state index in [9.17, 15) is 4.79 Å². The number of carbonyl (C=O) groups excluding carboxylic acids is 1. The number of fused-ring (bicyclic) bond motifs is 1. The van der Waals surface area contributed by atoms with Crippen molar-refractivity contribution in [3.05, 3.63) is 48.3 Å². The zero-order chi connectivity index (χ0) is 21.1. The lowest BCUT2D eigenvalue weighted by Crippen LogP contribution is -2.27. The molecule has 0 fully saturated rings. The first-order valence-electron chi connectivity index (χ1n) is 9.40. The van der Waals surface area contributed by atoms with Crippen LogP contribution in [0.1, 0.15) is 10.5 Å². The molecule has 1 aromatic heterocycles. The normalized spacial score (nSPS) is 12.0. The summed E-state index contributed by atoms with van der Waals surface area (Å²) in [6.45, 7) is 0.0298. The predicted octanol–water partition coefficient (Wildman–Crippen LogP) is 2.82. The molecule has 0 radical (unpaired) electrons. The van der Waals surface area contributed by atoms with Crippen molar-refractivity contribution in [3.8, 4) is 45.3 Å². The number of hydrogen-bond acceptors (Lipinski definition) is 6. The Hall–Kier alpha value is -3.65. The topological polar surface area (TPSA) is 102 Å². The highest BCUT2D eigenvalue weighted by Gasteiger charge is 2.31. The maximum absolute atomic E-state index is 12.8. The lowest BCUT2D eigenvalue weighted by Gasteiger charge is -2.16. The minimum atomic E-state index is -0.347. The van der Waals surface area contributed by atoms with Crippen molar-refractivity contribution in [2.24, 2.45) is 0 Å². The van der Waals surface area contributed by atoms with Gasteiger partial charge in [-0.1, -0.05) is 30.3 Å². The number of aliphatic hydroxyl groups excluding tert-OH is 1. The molecule has 156 valence electrons. The van der Waals surface area contributed by atoms with E-state index >= 15 is 0 Å². The predicted molar refractivity (Wildman–Crippen MR) is 110 cm³/mol. The highest BCUT2D eigenvalue weighted by Crippen LogP contribution is 2.54. The van der Waals surface area contributed by atoms with Crippen LogP contribution in [0.15, 0.2) is 42.6 Å². The summed E-state index contributed by atoms with van der Waals surface area (Å²) in [5, 5.41) is 11.8. The van der Waals surface area contributed by atoms with Gasteiger partial charge in [-0.25, -0.2) is 0 Å². The summed E-state index contributed by atoms with van der Waals surface area (Å²) in [6.07, 6.45) is 1.77. The fourth-order valence-corrected chi connectivity index (χ4v) is 3.54. The Bertz CT molecular complexity index is 1060. The molecule has 0 saturated heterocycles. The molecule has 2 heterocycles.